The molecule has 8 heteroatoms. The molecule has 1 aliphatic rings. The number of benzene rings is 2. The summed E-state index contributed by atoms with van der Waals surface area (Å²) in [6.07, 6.45) is 1.11. The lowest BCUT2D eigenvalue weighted by molar-refractivity contribution is -0.130. The second-order valence-corrected chi connectivity index (χ2v) is 8.68. The first-order valence-electron chi connectivity index (χ1n) is 9.09. The van der Waals surface area contributed by atoms with E-state index in [0.717, 1.165) is 11.1 Å². The van der Waals surface area contributed by atoms with Crippen molar-refractivity contribution >= 4 is 21.8 Å². The van der Waals surface area contributed by atoms with Gasteiger partial charge in [-0.3, -0.25) is 20.4 Å². The molecule has 2 amide bonds. The molecule has 1 heterocycles. The van der Waals surface area contributed by atoms with Gasteiger partial charge in [0.25, 0.3) is 5.91 Å². The van der Waals surface area contributed by atoms with Gasteiger partial charge in [-0.25, -0.2) is 8.42 Å². The van der Waals surface area contributed by atoms with Crippen molar-refractivity contribution in [1.29, 1.82) is 0 Å². The van der Waals surface area contributed by atoms with Crippen molar-refractivity contribution < 1.29 is 18.0 Å². The van der Waals surface area contributed by atoms with Gasteiger partial charge in [-0.15, -0.1) is 0 Å². The first-order valence-corrected chi connectivity index (χ1v) is 10.5. The predicted octanol–water partition coefficient (Wildman–Crippen LogP) is 1.54. The molecule has 3 rings (SSSR count). The van der Waals surface area contributed by atoms with Gasteiger partial charge in [0.15, 0.2) is 0 Å². The maximum atomic E-state index is 12.9. The van der Waals surface area contributed by atoms with Crippen LogP contribution >= 0.6 is 0 Å². The van der Waals surface area contributed by atoms with Crippen LogP contribution in [0, 0.1) is 6.92 Å². The van der Waals surface area contributed by atoms with Crippen LogP contribution in [-0.4, -0.2) is 37.1 Å². The Labute approximate surface area is 164 Å². The number of hydrogen-bond donors (Lipinski definition) is 2. The number of hydrogen-bond acceptors (Lipinski definition) is 4. The SMILES string of the molecule is Cc1ccc(S(=O)(=O)N2CCCC2C(=O)NNC(=O)Cc2ccccc2)cc1. The van der Waals surface area contributed by atoms with Crippen LogP contribution in [0.2, 0.25) is 0 Å². The minimum absolute atomic E-state index is 0.122. The highest BCUT2D eigenvalue weighted by atomic mass is 32.2. The number of hydrazine groups is 1. The number of nitrogens with zero attached hydrogens (tertiary/aromatic N) is 1. The standard InChI is InChI=1S/C20H23N3O4S/c1-15-9-11-17(12-10-15)28(26,27)23-13-5-8-18(23)20(25)22-21-19(24)14-16-6-3-2-4-7-16/h2-4,6-7,9-12,18H,5,8,13-14H2,1H3,(H,21,24)(H,22,25). The molecule has 0 aromatic heterocycles. The zero-order valence-corrected chi connectivity index (χ0v) is 16.4. The molecule has 0 radical (unpaired) electrons. The van der Waals surface area contributed by atoms with Crippen molar-refractivity contribution in [3.05, 3.63) is 65.7 Å². The van der Waals surface area contributed by atoms with Crippen LogP contribution in [0.4, 0.5) is 0 Å². The number of sulfonamides is 1. The minimum atomic E-state index is -3.78. The van der Waals surface area contributed by atoms with E-state index in [9.17, 15) is 18.0 Å². The van der Waals surface area contributed by atoms with Gasteiger partial charge in [0.2, 0.25) is 15.9 Å². The highest BCUT2D eigenvalue weighted by Gasteiger charge is 2.39. The summed E-state index contributed by atoms with van der Waals surface area (Å²) >= 11 is 0. The number of rotatable bonds is 5. The molecule has 2 N–H and O–H groups in total. The van der Waals surface area contributed by atoms with Gasteiger partial charge in [-0.1, -0.05) is 48.0 Å². The second-order valence-electron chi connectivity index (χ2n) is 6.79. The van der Waals surface area contributed by atoms with E-state index in [1.165, 1.54) is 4.31 Å². The van der Waals surface area contributed by atoms with Gasteiger partial charge < -0.3 is 0 Å². The Morgan fingerprint density at radius 3 is 2.39 bits per heavy atom. The summed E-state index contributed by atoms with van der Waals surface area (Å²) in [6, 6.07) is 14.8. The van der Waals surface area contributed by atoms with E-state index in [0.29, 0.717) is 12.8 Å². The molecule has 1 unspecified atom stereocenters. The molecule has 0 saturated carbocycles. The quantitative estimate of drug-likeness (QED) is 0.743. The van der Waals surface area contributed by atoms with Crippen molar-refractivity contribution in [3.63, 3.8) is 0 Å². The van der Waals surface area contributed by atoms with Crippen LogP contribution in [-0.2, 0) is 26.0 Å². The van der Waals surface area contributed by atoms with E-state index in [1.807, 2.05) is 37.3 Å². The third-order valence-electron chi connectivity index (χ3n) is 4.67. The van der Waals surface area contributed by atoms with E-state index in [1.54, 1.807) is 24.3 Å². The number of carbonyl (C=O) groups is 2. The first-order chi connectivity index (χ1) is 13.4. The maximum absolute atomic E-state index is 12.9. The second kappa shape index (κ2) is 8.53. The lowest BCUT2D eigenvalue weighted by Gasteiger charge is -2.23. The summed E-state index contributed by atoms with van der Waals surface area (Å²) in [6.45, 7) is 2.15. The van der Waals surface area contributed by atoms with Crippen LogP contribution in [0.3, 0.4) is 0 Å². The van der Waals surface area contributed by atoms with Crippen molar-refractivity contribution in [2.75, 3.05) is 6.54 Å². The van der Waals surface area contributed by atoms with Crippen LogP contribution < -0.4 is 10.9 Å². The predicted molar refractivity (Wildman–Crippen MR) is 105 cm³/mol. The maximum Gasteiger partial charge on any atom is 0.256 e. The Morgan fingerprint density at radius 1 is 1.04 bits per heavy atom. The van der Waals surface area contributed by atoms with Gasteiger partial charge in [0, 0.05) is 6.54 Å². The molecule has 148 valence electrons. The van der Waals surface area contributed by atoms with Crippen LogP contribution in [0.5, 0.6) is 0 Å². The van der Waals surface area contributed by atoms with E-state index >= 15 is 0 Å². The normalized spacial score (nSPS) is 17.2. The summed E-state index contributed by atoms with van der Waals surface area (Å²) in [5.41, 5.74) is 6.50. The zero-order valence-electron chi connectivity index (χ0n) is 15.6. The molecule has 0 spiro atoms. The minimum Gasteiger partial charge on any atom is -0.273 e. The Morgan fingerprint density at radius 2 is 1.71 bits per heavy atom. The summed E-state index contributed by atoms with van der Waals surface area (Å²) < 4.78 is 27.0. The Balaban J connectivity index is 1.62. The number of amides is 2. The highest BCUT2D eigenvalue weighted by Crippen LogP contribution is 2.26. The van der Waals surface area contributed by atoms with Crippen LogP contribution in [0.15, 0.2) is 59.5 Å². The molecule has 2 aromatic carbocycles. The zero-order chi connectivity index (χ0) is 20.1. The molecule has 0 bridgehead atoms. The molecule has 7 nitrogen and oxygen atoms in total. The van der Waals surface area contributed by atoms with E-state index in [4.69, 9.17) is 0 Å². The molecule has 2 aromatic rings. The topological polar surface area (TPSA) is 95.6 Å². The third-order valence-corrected chi connectivity index (χ3v) is 6.59. The fraction of sp³-hybridized carbons (Fsp3) is 0.300. The first kappa shape index (κ1) is 20.0. The van der Waals surface area contributed by atoms with Gasteiger partial charge in [0.1, 0.15) is 6.04 Å². The molecular formula is C20H23N3O4S. The molecular weight excluding hydrogens is 378 g/mol. The van der Waals surface area contributed by atoms with Crippen molar-refractivity contribution in [3.8, 4) is 0 Å². The summed E-state index contributed by atoms with van der Waals surface area (Å²) in [5, 5.41) is 0. The molecule has 1 fully saturated rings. The van der Waals surface area contributed by atoms with E-state index in [-0.39, 0.29) is 23.8 Å². The Hall–Kier alpha value is -2.71. The molecule has 1 atom stereocenters. The third kappa shape index (κ3) is 4.58. The fourth-order valence-corrected chi connectivity index (χ4v) is 4.83. The Bertz CT molecular complexity index is 943. The van der Waals surface area contributed by atoms with Crippen molar-refractivity contribution in [2.24, 2.45) is 0 Å². The van der Waals surface area contributed by atoms with Gasteiger partial charge >= 0.3 is 0 Å². The monoisotopic (exact) mass is 401 g/mol. The van der Waals surface area contributed by atoms with Gasteiger partial charge in [-0.05, 0) is 37.5 Å². The smallest absolute Gasteiger partial charge is 0.256 e. The van der Waals surface area contributed by atoms with Crippen LogP contribution in [0.25, 0.3) is 0 Å². The van der Waals surface area contributed by atoms with Crippen LogP contribution in [0.1, 0.15) is 24.0 Å². The Kier molecular flexibility index (Phi) is 6.11. The fourth-order valence-electron chi connectivity index (χ4n) is 3.18. The lowest BCUT2D eigenvalue weighted by Crippen LogP contribution is -2.51. The van der Waals surface area contributed by atoms with E-state index in [2.05, 4.69) is 10.9 Å². The average molecular weight is 401 g/mol. The average Bonchev–Trinajstić information content (AvgIpc) is 3.18. The van der Waals surface area contributed by atoms with E-state index < -0.39 is 22.0 Å². The highest BCUT2D eigenvalue weighted by molar-refractivity contribution is 7.89. The van der Waals surface area contributed by atoms with Crippen molar-refractivity contribution in [1.82, 2.24) is 15.2 Å². The number of aryl methyl sites for hydroxylation is 1. The number of nitrogens with one attached hydrogen (secondary N) is 2. The van der Waals surface area contributed by atoms with Gasteiger partial charge in [0.05, 0.1) is 11.3 Å². The number of carbonyl (C=O) groups excluding carboxylic acids is 2. The molecule has 28 heavy (non-hydrogen) atoms. The van der Waals surface area contributed by atoms with Crippen molar-refractivity contribution in [2.45, 2.75) is 37.1 Å². The molecule has 0 aliphatic carbocycles. The summed E-state index contributed by atoms with van der Waals surface area (Å²) in [4.78, 5) is 24.7. The summed E-state index contributed by atoms with van der Waals surface area (Å²) in [7, 11) is -3.78. The lowest BCUT2D eigenvalue weighted by atomic mass is 10.1. The largest absolute Gasteiger partial charge is 0.273 e. The summed E-state index contributed by atoms with van der Waals surface area (Å²) in [5.74, 6) is -0.903. The van der Waals surface area contributed by atoms with Gasteiger partial charge in [-0.2, -0.15) is 4.31 Å². The molecule has 1 aliphatic heterocycles. The molecule has 1 saturated heterocycles.